The van der Waals surface area contributed by atoms with Crippen LogP contribution in [-0.2, 0) is 13.0 Å². The van der Waals surface area contributed by atoms with Crippen molar-refractivity contribution in [1.29, 1.82) is 0 Å². The number of rotatable bonds is 6. The number of benzene rings is 2. The lowest BCUT2D eigenvalue weighted by molar-refractivity contribution is 0.572. The van der Waals surface area contributed by atoms with Crippen LogP contribution >= 0.6 is 0 Å². The number of aromatic amines is 1. The number of nitrogens with zero attached hydrogens (tertiary/aromatic N) is 3. The number of oxazole rings is 1. The molecular formula is C22H24N6O. The molecular weight excluding hydrogens is 364 g/mol. The third-order valence-corrected chi connectivity index (χ3v) is 4.60. The van der Waals surface area contributed by atoms with Gasteiger partial charge in [-0.1, -0.05) is 29.8 Å². The van der Waals surface area contributed by atoms with Crippen LogP contribution in [0.5, 0.6) is 0 Å². The van der Waals surface area contributed by atoms with Crippen molar-refractivity contribution < 1.29 is 4.42 Å². The van der Waals surface area contributed by atoms with Crippen LogP contribution in [0.4, 0.5) is 0 Å². The number of para-hydroxylation sites is 2. The number of fused-ring (bicyclic) bond motifs is 1. The Morgan fingerprint density at radius 1 is 1.07 bits per heavy atom. The third kappa shape index (κ3) is 4.63. The van der Waals surface area contributed by atoms with Gasteiger partial charge in [-0.15, -0.1) is 0 Å². The van der Waals surface area contributed by atoms with Gasteiger partial charge in [-0.2, -0.15) is 0 Å². The van der Waals surface area contributed by atoms with Crippen molar-refractivity contribution in [3.8, 4) is 11.5 Å². The number of aromatic nitrogens is 3. The van der Waals surface area contributed by atoms with Crippen LogP contribution in [-0.4, -0.2) is 34.5 Å². The summed E-state index contributed by atoms with van der Waals surface area (Å²) < 4.78 is 5.60. The largest absolute Gasteiger partial charge is 0.444 e. The number of hydrogen-bond donors (Lipinski definition) is 3. The van der Waals surface area contributed by atoms with E-state index in [4.69, 9.17) is 4.42 Å². The first-order valence-electron chi connectivity index (χ1n) is 9.61. The zero-order valence-corrected chi connectivity index (χ0v) is 16.6. The van der Waals surface area contributed by atoms with Crippen LogP contribution in [0, 0.1) is 6.92 Å². The van der Waals surface area contributed by atoms with Crippen molar-refractivity contribution in [3.05, 3.63) is 71.9 Å². The molecule has 0 saturated carbocycles. The summed E-state index contributed by atoms with van der Waals surface area (Å²) in [4.78, 5) is 16.7. The minimum Gasteiger partial charge on any atom is -0.444 e. The monoisotopic (exact) mass is 388 g/mol. The summed E-state index contributed by atoms with van der Waals surface area (Å²) >= 11 is 0. The summed E-state index contributed by atoms with van der Waals surface area (Å²) in [5.74, 6) is 2.28. The van der Waals surface area contributed by atoms with E-state index in [1.54, 1.807) is 13.3 Å². The molecule has 7 heteroatoms. The normalized spacial score (nSPS) is 11.7. The number of hydrogen-bond acceptors (Lipinski definition) is 4. The van der Waals surface area contributed by atoms with Gasteiger partial charge in [0.15, 0.2) is 5.96 Å². The number of H-pyrrole nitrogens is 1. The lowest BCUT2D eigenvalue weighted by Gasteiger charge is -2.09. The topological polar surface area (TPSA) is 91.1 Å². The predicted molar refractivity (Wildman–Crippen MR) is 115 cm³/mol. The van der Waals surface area contributed by atoms with Gasteiger partial charge < -0.3 is 20.0 Å². The molecule has 0 unspecified atom stereocenters. The molecule has 7 nitrogen and oxygen atoms in total. The first kappa shape index (κ1) is 18.7. The van der Waals surface area contributed by atoms with Gasteiger partial charge in [0.05, 0.1) is 23.3 Å². The zero-order chi connectivity index (χ0) is 20.1. The molecule has 0 fully saturated rings. The van der Waals surface area contributed by atoms with Crippen LogP contribution < -0.4 is 10.6 Å². The molecule has 0 aliphatic rings. The molecule has 29 heavy (non-hydrogen) atoms. The van der Waals surface area contributed by atoms with Gasteiger partial charge in [0, 0.05) is 25.6 Å². The molecule has 0 bridgehead atoms. The van der Waals surface area contributed by atoms with Crippen LogP contribution in [0.3, 0.4) is 0 Å². The Morgan fingerprint density at radius 2 is 1.90 bits per heavy atom. The summed E-state index contributed by atoms with van der Waals surface area (Å²) in [6.45, 7) is 3.30. The second-order valence-electron chi connectivity index (χ2n) is 6.81. The Balaban J connectivity index is 1.28. The number of aliphatic imine (C=N–C) groups is 1. The Hall–Kier alpha value is -3.61. The molecule has 0 aliphatic heterocycles. The highest BCUT2D eigenvalue weighted by molar-refractivity contribution is 5.79. The molecule has 148 valence electrons. The maximum atomic E-state index is 5.60. The highest BCUT2D eigenvalue weighted by atomic mass is 16.3. The van der Waals surface area contributed by atoms with E-state index in [0.717, 1.165) is 34.5 Å². The third-order valence-electron chi connectivity index (χ3n) is 4.60. The fourth-order valence-electron chi connectivity index (χ4n) is 3.04. The Morgan fingerprint density at radius 3 is 2.69 bits per heavy atom. The molecule has 4 rings (SSSR count). The first-order valence-corrected chi connectivity index (χ1v) is 9.61. The van der Waals surface area contributed by atoms with Gasteiger partial charge in [0.25, 0.3) is 0 Å². The van der Waals surface area contributed by atoms with E-state index in [0.29, 0.717) is 24.9 Å². The fourth-order valence-corrected chi connectivity index (χ4v) is 3.04. The highest BCUT2D eigenvalue weighted by Crippen LogP contribution is 2.19. The van der Waals surface area contributed by atoms with E-state index in [-0.39, 0.29) is 0 Å². The number of aryl methyl sites for hydroxylation is 1. The van der Waals surface area contributed by atoms with Crippen LogP contribution in [0.1, 0.15) is 17.1 Å². The van der Waals surface area contributed by atoms with Crippen LogP contribution in [0.15, 0.2) is 64.2 Å². The Bertz CT molecular complexity index is 1080. The van der Waals surface area contributed by atoms with E-state index >= 15 is 0 Å². The number of guanidine groups is 1. The van der Waals surface area contributed by atoms with Gasteiger partial charge in [-0.3, -0.25) is 4.99 Å². The molecule has 4 aromatic rings. The summed E-state index contributed by atoms with van der Waals surface area (Å²) in [7, 11) is 1.75. The maximum Gasteiger partial charge on any atom is 0.226 e. The minimum atomic E-state index is 0.527. The molecule has 0 atom stereocenters. The summed E-state index contributed by atoms with van der Waals surface area (Å²) in [6, 6.07) is 16.1. The van der Waals surface area contributed by atoms with Crippen molar-refractivity contribution >= 4 is 17.0 Å². The molecule has 3 N–H and O–H groups in total. The summed E-state index contributed by atoms with van der Waals surface area (Å²) in [5.41, 5.74) is 5.04. The smallest absolute Gasteiger partial charge is 0.226 e. The number of nitrogens with one attached hydrogen (secondary N) is 3. The summed E-state index contributed by atoms with van der Waals surface area (Å²) in [6.07, 6.45) is 2.45. The Kier molecular flexibility index (Phi) is 5.56. The van der Waals surface area contributed by atoms with Gasteiger partial charge in [0.2, 0.25) is 5.89 Å². The van der Waals surface area contributed by atoms with Crippen molar-refractivity contribution in [2.75, 3.05) is 13.6 Å². The molecule has 0 spiro atoms. The second kappa shape index (κ2) is 8.60. The molecule has 0 aliphatic carbocycles. The van der Waals surface area contributed by atoms with Gasteiger partial charge in [-0.25, -0.2) is 9.97 Å². The second-order valence-corrected chi connectivity index (χ2v) is 6.81. The molecule has 2 aromatic carbocycles. The van der Waals surface area contributed by atoms with E-state index in [1.165, 1.54) is 5.56 Å². The standard InChI is InChI=1S/C22H24N6O/c1-15-7-9-16(10-8-15)21-26-17(14-29-21)13-25-22(23-2)24-12-11-20-27-18-5-3-4-6-19(18)28-20/h3-10,14H,11-13H2,1-2H3,(H,27,28)(H2,23,24,25). The zero-order valence-electron chi connectivity index (χ0n) is 16.6. The van der Waals surface area contributed by atoms with Crippen LogP contribution in [0.25, 0.3) is 22.5 Å². The first-order chi connectivity index (χ1) is 14.2. The number of imidazole rings is 1. The van der Waals surface area contributed by atoms with Crippen molar-refractivity contribution in [2.45, 2.75) is 19.9 Å². The van der Waals surface area contributed by atoms with E-state index < -0.39 is 0 Å². The van der Waals surface area contributed by atoms with E-state index in [2.05, 4.69) is 37.5 Å². The van der Waals surface area contributed by atoms with Crippen molar-refractivity contribution in [1.82, 2.24) is 25.6 Å². The van der Waals surface area contributed by atoms with E-state index in [9.17, 15) is 0 Å². The molecule has 0 radical (unpaired) electrons. The summed E-state index contributed by atoms with van der Waals surface area (Å²) in [5, 5.41) is 6.56. The van der Waals surface area contributed by atoms with Crippen molar-refractivity contribution in [3.63, 3.8) is 0 Å². The molecule has 0 saturated heterocycles. The van der Waals surface area contributed by atoms with Crippen molar-refractivity contribution in [2.24, 2.45) is 4.99 Å². The lowest BCUT2D eigenvalue weighted by Crippen LogP contribution is -2.38. The predicted octanol–water partition coefficient (Wildman–Crippen LogP) is 3.43. The quantitative estimate of drug-likeness (QED) is 0.348. The highest BCUT2D eigenvalue weighted by Gasteiger charge is 2.08. The van der Waals surface area contributed by atoms with Gasteiger partial charge in [-0.05, 0) is 31.2 Å². The maximum absolute atomic E-state index is 5.60. The average molecular weight is 388 g/mol. The molecule has 2 heterocycles. The fraction of sp³-hybridized carbons (Fsp3) is 0.227. The SMILES string of the molecule is CN=C(NCCc1nc2ccccc2[nH]1)NCc1coc(-c2ccc(C)cc2)n1. The van der Waals surface area contributed by atoms with Gasteiger partial charge >= 0.3 is 0 Å². The van der Waals surface area contributed by atoms with Gasteiger partial charge in [0.1, 0.15) is 12.1 Å². The van der Waals surface area contributed by atoms with Crippen LogP contribution in [0.2, 0.25) is 0 Å². The van der Waals surface area contributed by atoms with E-state index in [1.807, 2.05) is 48.5 Å². The minimum absolute atomic E-state index is 0.527. The Labute approximate surface area is 169 Å². The lowest BCUT2D eigenvalue weighted by atomic mass is 10.1. The molecule has 2 aromatic heterocycles. The molecule has 0 amide bonds. The average Bonchev–Trinajstić information content (AvgIpc) is 3.37.